The van der Waals surface area contributed by atoms with Gasteiger partial charge in [-0.2, -0.15) is 0 Å². The van der Waals surface area contributed by atoms with E-state index >= 15 is 0 Å². The minimum atomic E-state index is -1.44. The first kappa shape index (κ1) is 12.1. The molecule has 0 bridgehead atoms. The van der Waals surface area contributed by atoms with Crippen molar-refractivity contribution in [2.75, 3.05) is 28.2 Å². The second-order valence-electron chi connectivity index (χ2n) is 5.06. The summed E-state index contributed by atoms with van der Waals surface area (Å²) >= 11 is 0. The van der Waals surface area contributed by atoms with E-state index in [1.54, 1.807) is 0 Å². The van der Waals surface area contributed by atoms with E-state index in [1.807, 2.05) is 0 Å². The zero-order chi connectivity index (χ0) is 10.2. The van der Waals surface area contributed by atoms with Crippen LogP contribution in [-0.2, 0) is 0 Å². The fourth-order valence-corrected chi connectivity index (χ4v) is 5.22. The molecule has 0 atom stereocenters. The van der Waals surface area contributed by atoms with Gasteiger partial charge in [0.05, 0.1) is 0 Å². The van der Waals surface area contributed by atoms with Gasteiger partial charge in [0, 0.05) is 0 Å². The lowest BCUT2D eigenvalue weighted by Crippen LogP contribution is -2.63. The van der Waals surface area contributed by atoms with Crippen LogP contribution in [0.15, 0.2) is 0 Å². The van der Waals surface area contributed by atoms with Crippen molar-refractivity contribution in [3.05, 3.63) is 0 Å². The first-order valence-electron chi connectivity index (χ1n) is 4.49. The molecule has 0 radical (unpaired) electrons. The van der Waals surface area contributed by atoms with Gasteiger partial charge in [-0.25, -0.2) is 0 Å². The van der Waals surface area contributed by atoms with Crippen LogP contribution in [0.4, 0.5) is 0 Å². The van der Waals surface area contributed by atoms with Crippen molar-refractivity contribution in [2.45, 2.75) is 32.4 Å². The highest BCUT2D eigenvalue weighted by molar-refractivity contribution is 6.75. The van der Waals surface area contributed by atoms with Gasteiger partial charge in [0.2, 0.25) is 8.40 Å². The van der Waals surface area contributed by atoms with Gasteiger partial charge < -0.3 is 9.13 Å². The predicted molar refractivity (Wildman–Crippen MR) is 58.7 cm³/mol. The van der Waals surface area contributed by atoms with Crippen LogP contribution in [-0.4, -0.2) is 45.7 Å². The largest absolute Gasteiger partial charge is 0.317 e. The van der Waals surface area contributed by atoms with Crippen molar-refractivity contribution < 1.29 is 0 Å². The summed E-state index contributed by atoms with van der Waals surface area (Å²) in [6.07, 6.45) is 0. The smallest absolute Gasteiger partial charge is 0.208 e. The molecule has 0 heterocycles. The fourth-order valence-electron chi connectivity index (χ4n) is 1.74. The monoisotopic (exact) mass is 188 g/mol. The Morgan fingerprint density at radius 2 is 1.08 bits per heavy atom. The Morgan fingerprint density at radius 3 is 1.08 bits per heavy atom. The molecule has 0 aliphatic rings. The van der Waals surface area contributed by atoms with Crippen LogP contribution >= 0.6 is 0 Å². The molecule has 0 aromatic carbocycles. The van der Waals surface area contributed by atoms with Crippen molar-refractivity contribution in [3.8, 4) is 0 Å². The van der Waals surface area contributed by atoms with Crippen LogP contribution < -0.4 is 0 Å². The summed E-state index contributed by atoms with van der Waals surface area (Å²) in [7, 11) is 7.33. The first-order chi connectivity index (χ1) is 5.14. The SMILES string of the molecule is CN(C)[Si](C)(N(C)C)C(C)(C)C. The summed E-state index contributed by atoms with van der Waals surface area (Å²) in [6, 6.07) is 0. The second kappa shape index (κ2) is 3.48. The lowest BCUT2D eigenvalue weighted by atomic mass is 10.2. The van der Waals surface area contributed by atoms with E-state index in [-0.39, 0.29) is 0 Å². The summed E-state index contributed by atoms with van der Waals surface area (Å²) in [5.74, 6) is 0. The molecule has 0 unspecified atom stereocenters. The van der Waals surface area contributed by atoms with E-state index in [4.69, 9.17) is 0 Å². The number of hydrogen-bond donors (Lipinski definition) is 0. The summed E-state index contributed by atoms with van der Waals surface area (Å²) in [4.78, 5) is 0. The van der Waals surface area contributed by atoms with Gasteiger partial charge in [0.1, 0.15) is 0 Å². The van der Waals surface area contributed by atoms with Gasteiger partial charge in [0.25, 0.3) is 0 Å². The maximum Gasteiger partial charge on any atom is 0.208 e. The molecular formula is C9H24N2Si. The molecule has 0 fully saturated rings. The third kappa shape index (κ3) is 1.89. The summed E-state index contributed by atoms with van der Waals surface area (Å²) < 4.78 is 4.82. The zero-order valence-corrected chi connectivity index (χ0v) is 10.9. The van der Waals surface area contributed by atoms with Crippen molar-refractivity contribution >= 4 is 8.40 Å². The van der Waals surface area contributed by atoms with E-state index in [9.17, 15) is 0 Å². The van der Waals surface area contributed by atoms with Crippen LogP contribution in [0.25, 0.3) is 0 Å². The fraction of sp³-hybridized carbons (Fsp3) is 1.00. The normalized spacial score (nSPS) is 14.5. The Labute approximate surface area is 78.7 Å². The first-order valence-corrected chi connectivity index (χ1v) is 6.88. The zero-order valence-electron chi connectivity index (χ0n) is 9.89. The summed E-state index contributed by atoms with van der Waals surface area (Å²) in [5, 5.41) is 0.389. The Morgan fingerprint density at radius 1 is 0.833 bits per heavy atom. The quantitative estimate of drug-likeness (QED) is 0.612. The van der Waals surface area contributed by atoms with E-state index in [2.05, 4.69) is 64.6 Å². The lowest BCUT2D eigenvalue weighted by molar-refractivity contribution is 0.432. The molecule has 0 aromatic rings. The molecule has 74 valence electrons. The van der Waals surface area contributed by atoms with Crippen LogP contribution in [0.3, 0.4) is 0 Å². The Bertz CT molecular complexity index is 139. The average Bonchev–Trinajstić information content (AvgIpc) is 1.82. The van der Waals surface area contributed by atoms with Gasteiger partial charge in [-0.05, 0) is 39.8 Å². The van der Waals surface area contributed by atoms with Gasteiger partial charge >= 0.3 is 0 Å². The third-order valence-corrected chi connectivity index (χ3v) is 9.49. The molecule has 0 aromatic heterocycles. The maximum atomic E-state index is 2.41. The highest BCUT2D eigenvalue weighted by atomic mass is 28.3. The Kier molecular flexibility index (Phi) is 3.52. The standard InChI is InChI=1S/C9H24N2Si/c1-9(2,3)12(8,10(4)5)11(6)7/h1-8H3. The van der Waals surface area contributed by atoms with Crippen molar-refractivity contribution in [3.63, 3.8) is 0 Å². The van der Waals surface area contributed by atoms with Gasteiger partial charge in [-0.3, -0.25) is 0 Å². The molecule has 2 nitrogen and oxygen atoms in total. The molecule has 12 heavy (non-hydrogen) atoms. The minimum Gasteiger partial charge on any atom is -0.317 e. The predicted octanol–water partition coefficient (Wildman–Crippen LogP) is 1.98. The van der Waals surface area contributed by atoms with E-state index in [0.717, 1.165) is 0 Å². The molecule has 0 saturated carbocycles. The van der Waals surface area contributed by atoms with Crippen LogP contribution in [0.5, 0.6) is 0 Å². The summed E-state index contributed by atoms with van der Waals surface area (Å²) in [5.41, 5.74) is 0. The molecular weight excluding hydrogens is 164 g/mol. The molecule has 0 aliphatic carbocycles. The van der Waals surface area contributed by atoms with E-state index in [0.29, 0.717) is 5.04 Å². The molecule has 0 saturated heterocycles. The van der Waals surface area contributed by atoms with Crippen LogP contribution in [0.1, 0.15) is 20.8 Å². The maximum absolute atomic E-state index is 2.41. The second-order valence-corrected chi connectivity index (χ2v) is 10.4. The van der Waals surface area contributed by atoms with E-state index < -0.39 is 8.40 Å². The van der Waals surface area contributed by atoms with Crippen molar-refractivity contribution in [2.24, 2.45) is 0 Å². The average molecular weight is 188 g/mol. The van der Waals surface area contributed by atoms with Gasteiger partial charge in [0.15, 0.2) is 0 Å². The van der Waals surface area contributed by atoms with Gasteiger partial charge in [-0.1, -0.05) is 20.8 Å². The highest BCUT2D eigenvalue weighted by Gasteiger charge is 2.44. The Balaban J connectivity index is 4.89. The number of hydrogen-bond acceptors (Lipinski definition) is 2. The Hall–Kier alpha value is 0.137. The molecule has 0 amide bonds. The topological polar surface area (TPSA) is 6.48 Å². The van der Waals surface area contributed by atoms with Crippen LogP contribution in [0, 0.1) is 0 Å². The third-order valence-electron chi connectivity index (χ3n) is 3.16. The lowest BCUT2D eigenvalue weighted by Gasteiger charge is -2.48. The molecule has 0 rings (SSSR count). The molecule has 0 spiro atoms. The van der Waals surface area contributed by atoms with Crippen molar-refractivity contribution in [1.29, 1.82) is 0 Å². The van der Waals surface area contributed by atoms with Gasteiger partial charge in [-0.15, -0.1) is 0 Å². The van der Waals surface area contributed by atoms with E-state index in [1.165, 1.54) is 0 Å². The minimum absolute atomic E-state index is 0.389. The molecule has 3 heteroatoms. The van der Waals surface area contributed by atoms with Crippen molar-refractivity contribution in [1.82, 2.24) is 9.13 Å². The summed E-state index contributed by atoms with van der Waals surface area (Å²) in [6.45, 7) is 9.41. The van der Waals surface area contributed by atoms with Crippen LogP contribution in [0.2, 0.25) is 11.6 Å². The molecule has 0 N–H and O–H groups in total. The number of rotatable bonds is 2. The highest BCUT2D eigenvalue weighted by Crippen LogP contribution is 2.38. The molecule has 0 aliphatic heterocycles. The number of nitrogens with zero attached hydrogens (tertiary/aromatic N) is 2.